The van der Waals surface area contributed by atoms with Crippen LogP contribution in [-0.2, 0) is 4.79 Å². The smallest absolute Gasteiger partial charge is 0.157 e. The molecule has 0 aliphatic heterocycles. The lowest BCUT2D eigenvalue weighted by atomic mass is 9.79. The van der Waals surface area contributed by atoms with E-state index in [2.05, 4.69) is 19.2 Å². The van der Waals surface area contributed by atoms with Crippen LogP contribution in [0.15, 0.2) is 11.8 Å². The van der Waals surface area contributed by atoms with E-state index in [1.165, 1.54) is 0 Å². The molecule has 0 spiro atoms. The molecule has 0 saturated heterocycles. The van der Waals surface area contributed by atoms with E-state index in [4.69, 9.17) is 5.11 Å². The van der Waals surface area contributed by atoms with Gasteiger partial charge in [0.25, 0.3) is 0 Å². The Kier molecular flexibility index (Phi) is 3.69. The lowest BCUT2D eigenvalue weighted by Gasteiger charge is -2.29. The number of aliphatic hydroxyl groups is 1. The molecule has 0 amide bonds. The van der Waals surface area contributed by atoms with Gasteiger partial charge >= 0.3 is 0 Å². The Bertz CT molecular complexity index is 244. The van der Waals surface area contributed by atoms with E-state index >= 15 is 0 Å². The molecule has 80 valence electrons. The predicted octanol–water partition coefficient (Wildman–Crippen LogP) is 1.23. The number of hydrogen-bond acceptors (Lipinski definition) is 3. The molecule has 2 N–H and O–H groups in total. The third-order valence-electron chi connectivity index (χ3n) is 2.34. The van der Waals surface area contributed by atoms with Gasteiger partial charge in [0.05, 0.1) is 0 Å². The topological polar surface area (TPSA) is 49.3 Å². The molecular formula is C11H19NO2. The Morgan fingerprint density at radius 1 is 1.50 bits per heavy atom. The summed E-state index contributed by atoms with van der Waals surface area (Å²) in [7, 11) is 0. The number of aliphatic hydroxyl groups excluding tert-OH is 1. The van der Waals surface area contributed by atoms with Crippen molar-refractivity contribution < 1.29 is 9.90 Å². The first-order chi connectivity index (χ1) is 6.53. The molecule has 0 fully saturated rings. The van der Waals surface area contributed by atoms with Crippen LogP contribution in [0.4, 0.5) is 0 Å². The minimum Gasteiger partial charge on any atom is -0.396 e. The van der Waals surface area contributed by atoms with Gasteiger partial charge in [-0.2, -0.15) is 0 Å². The molecule has 3 nitrogen and oxygen atoms in total. The minimum absolute atomic E-state index is 0.0768. The van der Waals surface area contributed by atoms with Crippen molar-refractivity contribution in [1.29, 1.82) is 0 Å². The number of ketones is 1. The summed E-state index contributed by atoms with van der Waals surface area (Å²) in [6.07, 6.45) is 3.98. The van der Waals surface area contributed by atoms with E-state index < -0.39 is 0 Å². The molecular weight excluding hydrogens is 178 g/mol. The van der Waals surface area contributed by atoms with Crippen molar-refractivity contribution in [2.24, 2.45) is 5.41 Å². The van der Waals surface area contributed by atoms with Crippen molar-refractivity contribution in [3.05, 3.63) is 11.8 Å². The highest BCUT2D eigenvalue weighted by molar-refractivity contribution is 5.91. The van der Waals surface area contributed by atoms with Crippen LogP contribution in [0, 0.1) is 5.41 Å². The van der Waals surface area contributed by atoms with Crippen LogP contribution in [0.25, 0.3) is 0 Å². The average Bonchev–Trinajstić information content (AvgIpc) is 2.00. The van der Waals surface area contributed by atoms with Crippen LogP contribution < -0.4 is 5.32 Å². The second kappa shape index (κ2) is 4.60. The molecule has 0 unspecified atom stereocenters. The zero-order valence-corrected chi connectivity index (χ0v) is 8.97. The first-order valence-corrected chi connectivity index (χ1v) is 5.12. The Morgan fingerprint density at radius 2 is 2.21 bits per heavy atom. The quantitative estimate of drug-likeness (QED) is 0.666. The molecule has 0 bridgehead atoms. The fraction of sp³-hybridized carbons (Fsp3) is 0.727. The molecule has 0 aromatic heterocycles. The van der Waals surface area contributed by atoms with Crippen LogP contribution in [0.3, 0.4) is 0 Å². The van der Waals surface area contributed by atoms with E-state index in [1.807, 2.05) is 0 Å². The number of carbonyl (C=O) groups is 1. The van der Waals surface area contributed by atoms with Crippen LogP contribution in [0.2, 0.25) is 0 Å². The summed E-state index contributed by atoms with van der Waals surface area (Å²) in [4.78, 5) is 11.4. The number of carbonyl (C=O) groups excluding carboxylic acids is 1. The number of rotatable bonds is 4. The lowest BCUT2D eigenvalue weighted by Crippen LogP contribution is -2.28. The van der Waals surface area contributed by atoms with Crippen molar-refractivity contribution in [2.45, 2.75) is 33.1 Å². The first-order valence-electron chi connectivity index (χ1n) is 5.12. The van der Waals surface area contributed by atoms with Crippen LogP contribution in [-0.4, -0.2) is 24.0 Å². The second-order valence-electron chi connectivity index (χ2n) is 4.66. The van der Waals surface area contributed by atoms with E-state index in [0.29, 0.717) is 6.42 Å². The van der Waals surface area contributed by atoms with E-state index in [1.54, 1.807) is 6.08 Å². The van der Waals surface area contributed by atoms with Gasteiger partial charge in [-0.05, 0) is 18.3 Å². The molecule has 1 aliphatic carbocycles. The maximum absolute atomic E-state index is 11.4. The summed E-state index contributed by atoms with van der Waals surface area (Å²) in [5.74, 6) is 0.202. The van der Waals surface area contributed by atoms with Gasteiger partial charge in [0.1, 0.15) is 0 Å². The van der Waals surface area contributed by atoms with Crippen molar-refractivity contribution >= 4 is 5.78 Å². The monoisotopic (exact) mass is 197 g/mol. The standard InChI is InChI=1S/C11H19NO2/c1-11(2)7-9(6-10(14)8-11)12-4-3-5-13/h6,12-13H,3-5,7-8H2,1-2H3. The maximum Gasteiger partial charge on any atom is 0.157 e. The van der Waals surface area contributed by atoms with Gasteiger partial charge in [-0.15, -0.1) is 0 Å². The Morgan fingerprint density at radius 3 is 2.79 bits per heavy atom. The third-order valence-corrected chi connectivity index (χ3v) is 2.34. The highest BCUT2D eigenvalue weighted by Gasteiger charge is 2.26. The Hall–Kier alpha value is -0.830. The van der Waals surface area contributed by atoms with Gasteiger partial charge in [0.2, 0.25) is 0 Å². The summed E-state index contributed by atoms with van der Waals surface area (Å²) in [5.41, 5.74) is 1.09. The minimum atomic E-state index is 0.0768. The van der Waals surface area contributed by atoms with Crippen LogP contribution in [0.5, 0.6) is 0 Å². The van der Waals surface area contributed by atoms with Gasteiger partial charge in [-0.25, -0.2) is 0 Å². The molecule has 0 radical (unpaired) electrons. The number of hydrogen-bond donors (Lipinski definition) is 2. The molecule has 0 aromatic rings. The highest BCUT2D eigenvalue weighted by Crippen LogP contribution is 2.32. The summed E-state index contributed by atoms with van der Waals surface area (Å²) in [6, 6.07) is 0. The van der Waals surface area contributed by atoms with Gasteiger partial charge in [0.15, 0.2) is 5.78 Å². The van der Waals surface area contributed by atoms with Crippen LogP contribution in [0.1, 0.15) is 33.1 Å². The van der Waals surface area contributed by atoms with Gasteiger partial charge < -0.3 is 10.4 Å². The lowest BCUT2D eigenvalue weighted by molar-refractivity contribution is -0.117. The summed E-state index contributed by atoms with van der Waals surface area (Å²) >= 11 is 0. The Balaban J connectivity index is 2.48. The van der Waals surface area contributed by atoms with Crippen molar-refractivity contribution in [3.8, 4) is 0 Å². The SMILES string of the molecule is CC1(C)CC(=O)C=C(NCCCO)C1. The fourth-order valence-corrected chi connectivity index (χ4v) is 1.79. The maximum atomic E-state index is 11.4. The molecule has 1 rings (SSSR count). The molecule has 0 atom stereocenters. The van der Waals surface area contributed by atoms with Gasteiger partial charge in [0, 0.05) is 31.3 Å². The van der Waals surface area contributed by atoms with Gasteiger partial charge in [-0.3, -0.25) is 4.79 Å². The summed E-state index contributed by atoms with van der Waals surface area (Å²) in [5, 5.41) is 11.8. The largest absolute Gasteiger partial charge is 0.396 e. The van der Waals surface area contributed by atoms with Gasteiger partial charge in [-0.1, -0.05) is 13.8 Å². The molecule has 14 heavy (non-hydrogen) atoms. The predicted molar refractivity (Wildman–Crippen MR) is 55.8 cm³/mol. The number of allylic oxidation sites excluding steroid dienone is 2. The third kappa shape index (κ3) is 3.50. The molecule has 0 heterocycles. The zero-order chi connectivity index (χ0) is 10.6. The highest BCUT2D eigenvalue weighted by atomic mass is 16.3. The van der Waals surface area contributed by atoms with E-state index in [-0.39, 0.29) is 17.8 Å². The second-order valence-corrected chi connectivity index (χ2v) is 4.66. The fourth-order valence-electron chi connectivity index (χ4n) is 1.79. The molecule has 0 saturated carbocycles. The van der Waals surface area contributed by atoms with Crippen molar-refractivity contribution in [1.82, 2.24) is 5.32 Å². The summed E-state index contributed by atoms with van der Waals surface area (Å²) < 4.78 is 0. The average molecular weight is 197 g/mol. The molecule has 3 heteroatoms. The van der Waals surface area contributed by atoms with Crippen molar-refractivity contribution in [3.63, 3.8) is 0 Å². The molecule has 0 aromatic carbocycles. The first kappa shape index (κ1) is 11.2. The number of nitrogens with one attached hydrogen (secondary N) is 1. The van der Waals surface area contributed by atoms with E-state index in [9.17, 15) is 4.79 Å². The van der Waals surface area contributed by atoms with Crippen molar-refractivity contribution in [2.75, 3.05) is 13.2 Å². The van der Waals surface area contributed by atoms with Crippen LogP contribution >= 0.6 is 0 Å². The molecule has 1 aliphatic rings. The normalized spacial score (nSPS) is 20.5. The zero-order valence-electron chi connectivity index (χ0n) is 8.97. The summed E-state index contributed by atoms with van der Waals surface area (Å²) in [6.45, 7) is 5.14. The van der Waals surface area contributed by atoms with E-state index in [0.717, 1.165) is 25.1 Å². The Labute approximate surface area is 85.2 Å².